The molecule has 0 N–H and O–H groups in total. The van der Waals surface area contributed by atoms with Gasteiger partial charge in [0.05, 0.1) is 26.4 Å². The maximum Gasteiger partial charge on any atom is 0.338 e. The van der Waals surface area contributed by atoms with Gasteiger partial charge in [-0.15, -0.1) is 0 Å². The molecule has 2 rings (SSSR count). The minimum Gasteiger partial charge on any atom is -0.491 e. The minimum absolute atomic E-state index is 0.0129. The molecular formula is C28H30Br4O10S. The van der Waals surface area contributed by atoms with Crippen LogP contribution in [0.2, 0.25) is 0 Å². The summed E-state index contributed by atoms with van der Waals surface area (Å²) in [6.45, 7) is 16.8. The Balaban J connectivity index is 3.19. The van der Waals surface area contributed by atoms with Crippen molar-refractivity contribution in [2.75, 3.05) is 26.4 Å². The number of carbonyl (C=O) groups is 2. The number of hydrogen-bond acceptors (Lipinski definition) is 10. The number of ether oxygens (including phenoxy) is 6. The number of esters is 2. The SMILES string of the molecule is C=C(C)C(=O)Oc1c(Br)c(OCC)c(S(=O)(=O)c2c(OCC)c(Br)c(OC(=O)C(=C)C)c(Br)c2OCC)c(OCC)c1Br. The number of halogens is 4. The van der Waals surface area contributed by atoms with Gasteiger partial charge < -0.3 is 28.4 Å². The standard InChI is InChI=1S/C28H30Br4O10S/c1-9-37-21-15(29)19(41-27(33)13(5)6)16(30)22(38-10-2)25(21)43(35,36)26-23(39-11-3)17(31)20(42-28(34)14(7)8)18(32)24(26)40-12-4/h5,7,9-12H2,1-4,6,8H3. The van der Waals surface area contributed by atoms with Crippen LogP contribution in [0.15, 0.2) is 52.0 Å². The first kappa shape index (κ1) is 37.1. The van der Waals surface area contributed by atoms with Crippen LogP contribution in [0, 0.1) is 0 Å². The lowest BCUT2D eigenvalue weighted by atomic mass is 10.2. The molecule has 0 amide bonds. The van der Waals surface area contributed by atoms with Gasteiger partial charge in [0.25, 0.3) is 0 Å². The molecule has 0 aliphatic rings. The molecule has 0 atom stereocenters. The molecule has 0 saturated carbocycles. The molecule has 43 heavy (non-hydrogen) atoms. The van der Waals surface area contributed by atoms with E-state index in [0.717, 1.165) is 0 Å². The number of benzene rings is 2. The van der Waals surface area contributed by atoms with Gasteiger partial charge in [0.2, 0.25) is 9.84 Å². The molecule has 0 aliphatic heterocycles. The molecule has 0 spiro atoms. The van der Waals surface area contributed by atoms with Crippen molar-refractivity contribution >= 4 is 85.5 Å². The fourth-order valence-corrected chi connectivity index (χ4v) is 8.68. The molecule has 0 unspecified atom stereocenters. The van der Waals surface area contributed by atoms with E-state index in [2.05, 4.69) is 76.9 Å². The van der Waals surface area contributed by atoms with Gasteiger partial charge in [0.1, 0.15) is 17.9 Å². The van der Waals surface area contributed by atoms with Gasteiger partial charge in [-0.05, 0) is 105 Å². The van der Waals surface area contributed by atoms with Gasteiger partial charge in [-0.3, -0.25) is 0 Å². The van der Waals surface area contributed by atoms with E-state index >= 15 is 0 Å². The molecule has 0 fully saturated rings. The lowest BCUT2D eigenvalue weighted by Gasteiger charge is -2.24. The summed E-state index contributed by atoms with van der Waals surface area (Å²) in [5.41, 5.74) is 0.215. The predicted molar refractivity (Wildman–Crippen MR) is 175 cm³/mol. The van der Waals surface area contributed by atoms with Gasteiger partial charge >= 0.3 is 11.9 Å². The zero-order valence-corrected chi connectivity index (χ0v) is 31.4. The Morgan fingerprint density at radius 1 is 0.558 bits per heavy atom. The van der Waals surface area contributed by atoms with Crippen LogP contribution in [-0.4, -0.2) is 46.8 Å². The van der Waals surface area contributed by atoms with Crippen LogP contribution in [0.3, 0.4) is 0 Å². The Labute approximate surface area is 284 Å². The summed E-state index contributed by atoms with van der Waals surface area (Å²) in [4.78, 5) is 24.1. The van der Waals surface area contributed by atoms with Crippen molar-refractivity contribution in [3.8, 4) is 34.5 Å². The minimum atomic E-state index is -4.70. The van der Waals surface area contributed by atoms with E-state index in [0.29, 0.717) is 0 Å². The fraction of sp³-hybridized carbons (Fsp3) is 0.357. The highest BCUT2D eigenvalue weighted by Gasteiger charge is 2.41. The normalized spacial score (nSPS) is 11.0. The molecule has 0 radical (unpaired) electrons. The first-order valence-corrected chi connectivity index (χ1v) is 17.4. The number of rotatable bonds is 14. The quantitative estimate of drug-likeness (QED) is 0.104. The van der Waals surface area contributed by atoms with Crippen molar-refractivity contribution in [3.05, 3.63) is 42.2 Å². The second kappa shape index (κ2) is 15.8. The third-order valence-electron chi connectivity index (χ3n) is 5.20. The zero-order valence-electron chi connectivity index (χ0n) is 24.2. The van der Waals surface area contributed by atoms with E-state index in [1.54, 1.807) is 27.7 Å². The molecule has 2 aromatic carbocycles. The van der Waals surface area contributed by atoms with Crippen LogP contribution >= 0.6 is 63.7 Å². The molecule has 236 valence electrons. The lowest BCUT2D eigenvalue weighted by molar-refractivity contribution is -0.131. The average Bonchev–Trinajstić information content (AvgIpc) is 2.93. The molecule has 0 aromatic heterocycles. The maximum absolute atomic E-state index is 14.9. The molecule has 2 aromatic rings. The van der Waals surface area contributed by atoms with E-state index in [4.69, 9.17) is 28.4 Å². The van der Waals surface area contributed by atoms with E-state index in [1.807, 2.05) is 0 Å². The second-order valence-corrected chi connectivity index (χ2v) is 13.5. The Kier molecular flexibility index (Phi) is 13.6. The van der Waals surface area contributed by atoms with Gasteiger partial charge in [0, 0.05) is 11.1 Å². The molecule has 0 aliphatic carbocycles. The number of hydrogen-bond donors (Lipinski definition) is 0. The van der Waals surface area contributed by atoms with E-state index in [1.165, 1.54) is 13.8 Å². The van der Waals surface area contributed by atoms with E-state index < -0.39 is 31.6 Å². The van der Waals surface area contributed by atoms with Gasteiger partial charge in [-0.2, -0.15) is 0 Å². The van der Waals surface area contributed by atoms with Crippen LogP contribution in [0.1, 0.15) is 41.5 Å². The highest BCUT2D eigenvalue weighted by molar-refractivity contribution is 9.11. The summed E-state index contributed by atoms with van der Waals surface area (Å²) in [6, 6.07) is 0. The van der Waals surface area contributed by atoms with Crippen LogP contribution in [0.25, 0.3) is 0 Å². The van der Waals surface area contributed by atoms with E-state index in [9.17, 15) is 18.0 Å². The van der Waals surface area contributed by atoms with Crippen molar-refractivity contribution in [2.45, 2.75) is 51.3 Å². The Morgan fingerprint density at radius 3 is 0.977 bits per heavy atom. The third kappa shape index (κ3) is 7.78. The molecule has 0 bridgehead atoms. The summed E-state index contributed by atoms with van der Waals surface area (Å²) in [5, 5.41) is 0. The average molecular weight is 878 g/mol. The smallest absolute Gasteiger partial charge is 0.338 e. The summed E-state index contributed by atoms with van der Waals surface area (Å²) >= 11 is 13.5. The molecule has 0 heterocycles. The highest BCUT2D eigenvalue weighted by atomic mass is 79.9. The highest BCUT2D eigenvalue weighted by Crippen LogP contribution is 2.58. The largest absolute Gasteiger partial charge is 0.491 e. The predicted octanol–water partition coefficient (Wildman–Crippen LogP) is 8.13. The zero-order chi connectivity index (χ0) is 32.8. The summed E-state index contributed by atoms with van der Waals surface area (Å²) in [7, 11) is -4.70. The van der Waals surface area contributed by atoms with Crippen molar-refractivity contribution in [2.24, 2.45) is 0 Å². The van der Waals surface area contributed by atoms with Crippen LogP contribution in [-0.2, 0) is 19.4 Å². The van der Waals surface area contributed by atoms with Gasteiger partial charge in [-0.1, -0.05) is 13.2 Å². The third-order valence-corrected chi connectivity index (χ3v) is 9.90. The van der Waals surface area contributed by atoms with Gasteiger partial charge in [0.15, 0.2) is 44.3 Å². The maximum atomic E-state index is 14.9. The van der Waals surface area contributed by atoms with E-state index in [-0.39, 0.29) is 90.0 Å². The Hall–Kier alpha value is -2.07. The van der Waals surface area contributed by atoms with Crippen LogP contribution in [0.5, 0.6) is 34.5 Å². The topological polar surface area (TPSA) is 124 Å². The number of sulfone groups is 1. The fourth-order valence-electron chi connectivity index (χ4n) is 3.43. The lowest BCUT2D eigenvalue weighted by Crippen LogP contribution is -2.16. The van der Waals surface area contributed by atoms with Crippen molar-refractivity contribution in [1.82, 2.24) is 0 Å². The molecule has 0 saturated heterocycles. The first-order chi connectivity index (χ1) is 20.1. The first-order valence-electron chi connectivity index (χ1n) is 12.7. The molecular weight excluding hydrogens is 848 g/mol. The van der Waals surface area contributed by atoms with Crippen LogP contribution < -0.4 is 28.4 Å². The van der Waals surface area contributed by atoms with Crippen molar-refractivity contribution in [3.63, 3.8) is 0 Å². The van der Waals surface area contributed by atoms with Crippen molar-refractivity contribution in [1.29, 1.82) is 0 Å². The van der Waals surface area contributed by atoms with Gasteiger partial charge in [-0.25, -0.2) is 18.0 Å². The molecule has 10 nitrogen and oxygen atoms in total. The Morgan fingerprint density at radius 2 is 0.791 bits per heavy atom. The van der Waals surface area contributed by atoms with Crippen molar-refractivity contribution < 1.29 is 46.4 Å². The van der Waals surface area contributed by atoms with Crippen LogP contribution in [0.4, 0.5) is 0 Å². The Bertz CT molecular complexity index is 1390. The number of carbonyl (C=O) groups excluding carboxylic acids is 2. The monoisotopic (exact) mass is 874 g/mol. The summed E-state index contributed by atoms with van der Waals surface area (Å²) in [6.07, 6.45) is 0. The second-order valence-electron chi connectivity index (χ2n) is 8.46. The summed E-state index contributed by atoms with van der Waals surface area (Å²) < 4.78 is 64.2. The summed E-state index contributed by atoms with van der Waals surface area (Å²) in [5.74, 6) is -2.49. The molecule has 15 heteroatoms.